The Hall–Kier alpha value is -2.02. The number of rotatable bonds is 4. The molecule has 2 rings (SSSR count). The van der Waals surface area contributed by atoms with Gasteiger partial charge in [0.1, 0.15) is 6.54 Å². The molecule has 2 aromatic rings. The molecule has 0 saturated heterocycles. The molecule has 0 aromatic carbocycles. The molecular weight excluding hydrogens is 288 g/mol. The van der Waals surface area contributed by atoms with Crippen LogP contribution in [0.15, 0.2) is 11.1 Å². The van der Waals surface area contributed by atoms with Gasteiger partial charge in [-0.05, 0) is 27.7 Å². The second-order valence-electron chi connectivity index (χ2n) is 4.91. The van der Waals surface area contributed by atoms with E-state index in [9.17, 15) is 9.59 Å². The zero-order valence-electron chi connectivity index (χ0n) is 12.6. The smallest absolute Gasteiger partial charge is 0.256 e. The number of aromatic nitrogens is 3. The molecule has 1 N–H and O–H groups in total. The Labute approximate surface area is 126 Å². The highest BCUT2D eigenvalue weighted by atomic mass is 32.1. The minimum Gasteiger partial charge on any atom is -0.350 e. The van der Waals surface area contributed by atoms with Crippen LogP contribution in [-0.4, -0.2) is 20.4 Å². The maximum atomic E-state index is 12.0. The lowest BCUT2D eigenvalue weighted by atomic mass is 10.3. The number of carbonyl (C=O) groups is 1. The van der Waals surface area contributed by atoms with Gasteiger partial charge in [0, 0.05) is 16.1 Å². The minimum absolute atomic E-state index is 0.0240. The Morgan fingerprint density at radius 3 is 2.62 bits per heavy atom. The van der Waals surface area contributed by atoms with Crippen molar-refractivity contribution in [2.75, 3.05) is 0 Å². The molecule has 0 spiro atoms. The molecule has 0 aliphatic heterocycles. The van der Waals surface area contributed by atoms with Gasteiger partial charge >= 0.3 is 0 Å². The van der Waals surface area contributed by atoms with Crippen LogP contribution in [0, 0.1) is 27.7 Å². The van der Waals surface area contributed by atoms with E-state index in [0.29, 0.717) is 17.8 Å². The Bertz CT molecular complexity index is 733. The molecule has 2 heterocycles. The van der Waals surface area contributed by atoms with Crippen LogP contribution in [0.2, 0.25) is 0 Å². The lowest BCUT2D eigenvalue weighted by Crippen LogP contribution is -2.33. The van der Waals surface area contributed by atoms with Gasteiger partial charge in [0.25, 0.3) is 5.56 Å². The average molecular weight is 306 g/mol. The summed E-state index contributed by atoms with van der Waals surface area (Å²) in [6.07, 6.45) is 1.41. The van der Waals surface area contributed by atoms with Crippen LogP contribution in [-0.2, 0) is 17.9 Å². The first-order valence-corrected chi connectivity index (χ1v) is 7.42. The van der Waals surface area contributed by atoms with Crippen molar-refractivity contribution < 1.29 is 4.79 Å². The molecule has 6 nitrogen and oxygen atoms in total. The molecule has 0 atom stereocenters. The Morgan fingerprint density at radius 1 is 1.29 bits per heavy atom. The van der Waals surface area contributed by atoms with Gasteiger partial charge < -0.3 is 5.32 Å². The zero-order valence-corrected chi connectivity index (χ0v) is 13.4. The van der Waals surface area contributed by atoms with Crippen molar-refractivity contribution in [1.82, 2.24) is 19.9 Å². The van der Waals surface area contributed by atoms with E-state index in [1.165, 1.54) is 10.9 Å². The number of thiazole rings is 1. The molecule has 112 valence electrons. The van der Waals surface area contributed by atoms with Gasteiger partial charge in [-0.2, -0.15) is 0 Å². The number of aryl methyl sites for hydroxylation is 3. The first-order chi connectivity index (χ1) is 9.88. The predicted molar refractivity (Wildman–Crippen MR) is 81.4 cm³/mol. The van der Waals surface area contributed by atoms with Crippen molar-refractivity contribution in [3.8, 4) is 0 Å². The molecule has 0 radical (unpaired) electrons. The van der Waals surface area contributed by atoms with Gasteiger partial charge in [0.15, 0.2) is 0 Å². The Balaban J connectivity index is 2.01. The van der Waals surface area contributed by atoms with Crippen molar-refractivity contribution in [1.29, 1.82) is 0 Å². The molecule has 0 aliphatic rings. The van der Waals surface area contributed by atoms with Crippen molar-refractivity contribution >= 4 is 17.2 Å². The van der Waals surface area contributed by atoms with Crippen LogP contribution >= 0.6 is 11.3 Å². The maximum Gasteiger partial charge on any atom is 0.256 e. The quantitative estimate of drug-likeness (QED) is 0.922. The second kappa shape index (κ2) is 6.17. The maximum absolute atomic E-state index is 12.0. The van der Waals surface area contributed by atoms with Crippen LogP contribution in [0.25, 0.3) is 0 Å². The molecule has 0 unspecified atom stereocenters. The molecule has 7 heteroatoms. The van der Waals surface area contributed by atoms with Gasteiger partial charge in [-0.25, -0.2) is 9.97 Å². The number of amides is 1. The van der Waals surface area contributed by atoms with E-state index in [1.54, 1.807) is 25.2 Å². The number of nitrogens with one attached hydrogen (secondary N) is 1. The third kappa shape index (κ3) is 3.55. The number of carbonyl (C=O) groups excluding carboxylic acids is 1. The molecule has 0 fully saturated rings. The summed E-state index contributed by atoms with van der Waals surface area (Å²) >= 11 is 1.56. The lowest BCUT2D eigenvalue weighted by molar-refractivity contribution is -0.121. The standard InChI is InChI=1S/C14H18N4O2S/c1-8-9(2)16-7-18(14(8)20)6-13(19)15-5-12-10(3)17-11(4)21-12/h7H,5-6H2,1-4H3,(H,15,19). The van der Waals surface area contributed by atoms with Crippen molar-refractivity contribution in [2.45, 2.75) is 40.8 Å². The second-order valence-corrected chi connectivity index (χ2v) is 6.19. The first kappa shape index (κ1) is 15.4. The van der Waals surface area contributed by atoms with Crippen LogP contribution in [0.5, 0.6) is 0 Å². The normalized spacial score (nSPS) is 10.7. The van der Waals surface area contributed by atoms with Crippen LogP contribution in [0.1, 0.15) is 26.8 Å². The molecule has 21 heavy (non-hydrogen) atoms. The fraction of sp³-hybridized carbons (Fsp3) is 0.429. The van der Waals surface area contributed by atoms with Gasteiger partial charge in [0.2, 0.25) is 5.91 Å². The predicted octanol–water partition coefficient (Wildman–Crippen LogP) is 1.25. The van der Waals surface area contributed by atoms with Gasteiger partial charge in [-0.3, -0.25) is 14.2 Å². The topological polar surface area (TPSA) is 76.9 Å². The average Bonchev–Trinajstić information content (AvgIpc) is 2.75. The summed E-state index contributed by atoms with van der Waals surface area (Å²) < 4.78 is 1.32. The Morgan fingerprint density at radius 2 is 2.00 bits per heavy atom. The van der Waals surface area contributed by atoms with Crippen LogP contribution in [0.4, 0.5) is 0 Å². The molecular formula is C14H18N4O2S. The first-order valence-electron chi connectivity index (χ1n) is 6.60. The van der Waals surface area contributed by atoms with Crippen molar-refractivity contribution in [3.05, 3.63) is 43.5 Å². The summed E-state index contributed by atoms with van der Waals surface area (Å²) in [6, 6.07) is 0. The van der Waals surface area contributed by atoms with E-state index < -0.39 is 0 Å². The molecule has 2 aromatic heterocycles. The van der Waals surface area contributed by atoms with Gasteiger partial charge in [0.05, 0.1) is 23.6 Å². The minimum atomic E-state index is -0.215. The number of hydrogen-bond donors (Lipinski definition) is 1. The summed E-state index contributed by atoms with van der Waals surface area (Å²) in [4.78, 5) is 33.4. The SMILES string of the molecule is Cc1nc(C)c(CNC(=O)Cn2cnc(C)c(C)c2=O)s1. The summed E-state index contributed by atoms with van der Waals surface area (Å²) in [5.74, 6) is -0.215. The van der Waals surface area contributed by atoms with Crippen molar-refractivity contribution in [2.24, 2.45) is 0 Å². The number of nitrogens with zero attached hydrogens (tertiary/aromatic N) is 3. The lowest BCUT2D eigenvalue weighted by Gasteiger charge is -2.08. The van der Waals surface area contributed by atoms with E-state index in [1.807, 2.05) is 13.8 Å². The summed E-state index contributed by atoms with van der Waals surface area (Å²) in [7, 11) is 0. The zero-order chi connectivity index (χ0) is 15.6. The molecule has 0 aliphatic carbocycles. The Kier molecular flexibility index (Phi) is 4.52. The van der Waals surface area contributed by atoms with Crippen molar-refractivity contribution in [3.63, 3.8) is 0 Å². The van der Waals surface area contributed by atoms with E-state index in [0.717, 1.165) is 15.6 Å². The van der Waals surface area contributed by atoms with E-state index in [-0.39, 0.29) is 18.0 Å². The number of hydrogen-bond acceptors (Lipinski definition) is 5. The summed E-state index contributed by atoms with van der Waals surface area (Å²) in [5, 5.41) is 3.78. The third-order valence-corrected chi connectivity index (χ3v) is 4.35. The monoisotopic (exact) mass is 306 g/mol. The highest BCUT2D eigenvalue weighted by Gasteiger charge is 2.10. The fourth-order valence-electron chi connectivity index (χ4n) is 1.92. The van der Waals surface area contributed by atoms with Crippen LogP contribution in [0.3, 0.4) is 0 Å². The fourth-order valence-corrected chi connectivity index (χ4v) is 2.79. The molecule has 0 saturated carbocycles. The van der Waals surface area contributed by atoms with E-state index >= 15 is 0 Å². The van der Waals surface area contributed by atoms with E-state index in [2.05, 4.69) is 15.3 Å². The molecule has 0 bridgehead atoms. The largest absolute Gasteiger partial charge is 0.350 e. The highest BCUT2D eigenvalue weighted by molar-refractivity contribution is 7.11. The van der Waals surface area contributed by atoms with E-state index in [4.69, 9.17) is 0 Å². The highest BCUT2D eigenvalue weighted by Crippen LogP contribution is 2.16. The summed E-state index contributed by atoms with van der Waals surface area (Å²) in [6.45, 7) is 7.75. The van der Waals surface area contributed by atoms with Crippen LogP contribution < -0.4 is 10.9 Å². The summed E-state index contributed by atoms with van der Waals surface area (Å²) in [5.41, 5.74) is 2.01. The van der Waals surface area contributed by atoms with Gasteiger partial charge in [-0.1, -0.05) is 0 Å². The van der Waals surface area contributed by atoms with Gasteiger partial charge in [-0.15, -0.1) is 11.3 Å². The molecule has 1 amide bonds. The third-order valence-electron chi connectivity index (χ3n) is 3.27.